The van der Waals surface area contributed by atoms with Crippen LogP contribution in [0.4, 0.5) is 0 Å². The molecule has 1 unspecified atom stereocenters. The third kappa shape index (κ3) is 13.0. The molecule has 80 valence electrons. The minimum atomic E-state index is -3.47. The van der Waals surface area contributed by atoms with Crippen LogP contribution >= 0.6 is 25.6 Å². The van der Waals surface area contributed by atoms with E-state index in [0.717, 1.165) is 0 Å². The topological polar surface area (TPSA) is 102 Å². The van der Waals surface area contributed by atoms with Crippen molar-refractivity contribution in [2.24, 2.45) is 0 Å². The Morgan fingerprint density at radius 1 is 1.23 bits per heavy atom. The van der Waals surface area contributed by atoms with E-state index < -0.39 is 13.4 Å². The molecule has 0 amide bonds. The lowest BCUT2D eigenvalue weighted by atomic mass is 10.4. The van der Waals surface area contributed by atoms with E-state index in [1.807, 2.05) is 0 Å². The summed E-state index contributed by atoms with van der Waals surface area (Å²) in [6.07, 6.45) is 0.449. The molecule has 10 heteroatoms. The lowest BCUT2D eigenvalue weighted by Crippen LogP contribution is -2.17. The third-order valence-electron chi connectivity index (χ3n) is 0.989. The summed E-state index contributed by atoms with van der Waals surface area (Å²) in [7, 11) is 0. The molecule has 0 saturated heterocycles. The van der Waals surface area contributed by atoms with Gasteiger partial charge in [0, 0.05) is 13.1 Å². The second kappa shape index (κ2) is 5.80. The monoisotopic (exact) mass is 266 g/mol. The molecule has 1 atom stereocenters. The zero-order valence-electron chi connectivity index (χ0n) is 6.62. The van der Waals surface area contributed by atoms with Crippen molar-refractivity contribution in [3.05, 3.63) is 0 Å². The predicted molar refractivity (Wildman–Crippen MR) is 58.2 cm³/mol. The molecule has 0 aromatic rings. The van der Waals surface area contributed by atoms with Gasteiger partial charge in [-0.1, -0.05) is 12.2 Å². The van der Waals surface area contributed by atoms with Gasteiger partial charge in [-0.3, -0.25) is 4.57 Å². The largest absolute Gasteiger partial charge is 0.334 e. The zero-order chi connectivity index (χ0) is 10.5. The van der Waals surface area contributed by atoms with E-state index in [9.17, 15) is 4.57 Å². The molecule has 0 aromatic carbocycles. The lowest BCUT2D eigenvalue weighted by Gasteiger charge is -2.10. The van der Waals surface area contributed by atoms with Crippen molar-refractivity contribution in [2.75, 3.05) is 13.1 Å². The third-order valence-corrected chi connectivity index (χ3v) is 3.07. The van der Waals surface area contributed by atoms with Crippen molar-refractivity contribution < 1.29 is 19.2 Å². The van der Waals surface area contributed by atoms with Gasteiger partial charge in [-0.2, -0.15) is 0 Å². The summed E-state index contributed by atoms with van der Waals surface area (Å²) in [5.74, 6) is 0. The van der Waals surface area contributed by atoms with Crippen LogP contribution in [0.3, 0.4) is 0 Å². The van der Waals surface area contributed by atoms with Crippen LogP contribution in [0.2, 0.25) is 0 Å². The van der Waals surface area contributed by atoms with Gasteiger partial charge in [0.2, 0.25) is 0 Å². The van der Waals surface area contributed by atoms with Gasteiger partial charge >= 0.3 is 6.72 Å². The minimum Gasteiger partial charge on any atom is -0.334 e. The number of thiol groups is 1. The molecular formula is C3H12N2O4P2S2. The molecule has 6 nitrogen and oxygen atoms in total. The Labute approximate surface area is 86.6 Å². The van der Waals surface area contributed by atoms with Crippen molar-refractivity contribution in [1.29, 1.82) is 0 Å². The number of nitrogens with one attached hydrogen (secondary N) is 2. The molecule has 0 bridgehead atoms. The zero-order valence-corrected chi connectivity index (χ0v) is 10.1. The van der Waals surface area contributed by atoms with Crippen LogP contribution in [0, 0.1) is 0 Å². The average molecular weight is 266 g/mol. The molecule has 0 aromatic heterocycles. The van der Waals surface area contributed by atoms with Crippen molar-refractivity contribution in [2.45, 2.75) is 6.42 Å². The summed E-state index contributed by atoms with van der Waals surface area (Å²) < 4.78 is 10.6. The fourth-order valence-corrected chi connectivity index (χ4v) is 2.01. The smallest absolute Gasteiger partial charge is 0.320 e. The molecule has 13 heavy (non-hydrogen) atoms. The van der Waals surface area contributed by atoms with Gasteiger partial charge in [-0.05, 0) is 18.2 Å². The number of rotatable bonds is 6. The molecule has 0 spiro atoms. The highest BCUT2D eigenvalue weighted by Crippen LogP contribution is 2.39. The standard InChI is InChI=1S/C3H12N2O4P2S2/c6-10(7,12)4-2-1-3-5-11(8,9)13/h1-3H2,(H3,4,6,7,12)(H3,5,8,9,13). The van der Waals surface area contributed by atoms with Crippen LogP contribution in [0.25, 0.3) is 0 Å². The molecule has 0 heterocycles. The van der Waals surface area contributed by atoms with Gasteiger partial charge in [-0.25, -0.2) is 10.2 Å². The molecule has 0 rings (SSSR count). The molecule has 0 fully saturated rings. The fraction of sp³-hybridized carbons (Fsp3) is 1.00. The Morgan fingerprint density at radius 3 is 2.08 bits per heavy atom. The van der Waals surface area contributed by atoms with Gasteiger partial charge in [0.05, 0.1) is 0 Å². The van der Waals surface area contributed by atoms with Crippen molar-refractivity contribution in [3.63, 3.8) is 0 Å². The van der Waals surface area contributed by atoms with Crippen molar-refractivity contribution >= 4 is 37.4 Å². The highest BCUT2D eigenvalue weighted by atomic mass is 32.7. The van der Waals surface area contributed by atoms with Crippen LogP contribution in [-0.4, -0.2) is 27.8 Å². The van der Waals surface area contributed by atoms with Gasteiger partial charge in [0.25, 0.3) is 6.64 Å². The summed E-state index contributed by atoms with van der Waals surface area (Å²) in [6.45, 7) is -6.30. The normalized spacial score (nSPS) is 16.9. The van der Waals surface area contributed by atoms with Crippen molar-refractivity contribution in [1.82, 2.24) is 10.2 Å². The van der Waals surface area contributed by atoms with E-state index in [1.54, 1.807) is 0 Å². The predicted octanol–water partition coefficient (Wildman–Crippen LogP) is -0.205. The fourth-order valence-electron chi connectivity index (χ4n) is 0.538. The Bertz CT molecular complexity index is 214. The maximum Gasteiger partial charge on any atom is 0.320 e. The van der Waals surface area contributed by atoms with Crippen molar-refractivity contribution in [3.8, 4) is 0 Å². The Balaban J connectivity index is 3.39. The first-order valence-corrected chi connectivity index (χ1v) is 8.84. The summed E-state index contributed by atoms with van der Waals surface area (Å²) in [5, 5.41) is 4.57. The molecule has 5 N–H and O–H groups in total. The highest BCUT2D eigenvalue weighted by Gasteiger charge is 2.09. The highest BCUT2D eigenvalue weighted by molar-refractivity contribution is 8.45. The number of hydrogen-bond donors (Lipinski definition) is 6. The molecular weight excluding hydrogens is 254 g/mol. The molecule has 0 aliphatic heterocycles. The second-order valence-corrected chi connectivity index (χ2v) is 8.22. The maximum atomic E-state index is 10.6. The quantitative estimate of drug-likeness (QED) is 0.225. The van der Waals surface area contributed by atoms with E-state index in [4.69, 9.17) is 14.7 Å². The minimum absolute atomic E-state index is 0.250. The first kappa shape index (κ1) is 14.0. The second-order valence-electron chi connectivity index (χ2n) is 2.26. The Kier molecular flexibility index (Phi) is 6.26. The van der Waals surface area contributed by atoms with E-state index in [0.29, 0.717) is 6.42 Å². The van der Waals surface area contributed by atoms with Gasteiger partial charge in [0.15, 0.2) is 0 Å². The first-order valence-electron chi connectivity index (χ1n) is 3.32. The van der Waals surface area contributed by atoms with Gasteiger partial charge < -0.3 is 14.7 Å². The summed E-state index contributed by atoms with van der Waals surface area (Å²) in [6, 6.07) is 0. The van der Waals surface area contributed by atoms with E-state index in [2.05, 4.69) is 34.2 Å². The average Bonchev–Trinajstić information content (AvgIpc) is 1.81. The van der Waals surface area contributed by atoms with Crippen LogP contribution in [0.5, 0.6) is 0 Å². The molecule has 0 aliphatic rings. The van der Waals surface area contributed by atoms with E-state index in [1.165, 1.54) is 0 Å². The maximum absolute atomic E-state index is 10.6. The van der Waals surface area contributed by atoms with Crippen LogP contribution in [0.1, 0.15) is 6.42 Å². The van der Waals surface area contributed by atoms with Crippen LogP contribution < -0.4 is 10.2 Å². The van der Waals surface area contributed by atoms with Gasteiger partial charge in [-0.15, -0.1) is 0 Å². The molecule has 0 saturated carbocycles. The number of hydrogen-bond acceptors (Lipinski definition) is 2. The summed E-state index contributed by atoms with van der Waals surface area (Å²) in [4.78, 5) is 26.1. The van der Waals surface area contributed by atoms with Crippen LogP contribution in [-0.2, 0) is 16.4 Å². The van der Waals surface area contributed by atoms with Gasteiger partial charge in [0.1, 0.15) is 0 Å². The Hall–Kier alpha value is 1.03. The van der Waals surface area contributed by atoms with E-state index >= 15 is 0 Å². The van der Waals surface area contributed by atoms with E-state index in [-0.39, 0.29) is 13.1 Å². The first-order chi connectivity index (χ1) is 5.71. The molecule has 0 radical (unpaired) electrons. The summed E-state index contributed by atoms with van der Waals surface area (Å²) in [5.41, 5.74) is 0. The Morgan fingerprint density at radius 2 is 1.69 bits per heavy atom. The lowest BCUT2D eigenvalue weighted by molar-refractivity contribution is 0.459. The van der Waals surface area contributed by atoms with Crippen LogP contribution in [0.15, 0.2) is 0 Å². The SMILES string of the molecule is O=P(O)(S)NCCCNP(O)(O)=S. The molecule has 0 aliphatic carbocycles. The summed E-state index contributed by atoms with van der Waals surface area (Å²) >= 11 is 7.66.